The van der Waals surface area contributed by atoms with E-state index in [1.165, 1.54) is 6.42 Å². The second-order valence-electron chi connectivity index (χ2n) is 6.14. The summed E-state index contributed by atoms with van der Waals surface area (Å²) in [4.78, 5) is 2.27. The van der Waals surface area contributed by atoms with Crippen molar-refractivity contribution in [2.45, 2.75) is 52.6 Å². The van der Waals surface area contributed by atoms with Crippen LogP contribution >= 0.6 is 0 Å². The fraction of sp³-hybridized carbons (Fsp3) is 0.647. The Bertz CT molecular complexity index is 447. The lowest BCUT2D eigenvalue weighted by atomic mass is 9.93. The van der Waals surface area contributed by atoms with Crippen molar-refractivity contribution in [3.8, 4) is 0 Å². The summed E-state index contributed by atoms with van der Waals surface area (Å²) < 4.78 is 14.5. The number of benzene rings is 1. The maximum absolute atomic E-state index is 14.5. The van der Waals surface area contributed by atoms with Crippen molar-refractivity contribution in [3.63, 3.8) is 0 Å². The molecule has 0 aromatic heterocycles. The van der Waals surface area contributed by atoms with Gasteiger partial charge in [-0.3, -0.25) is 0 Å². The van der Waals surface area contributed by atoms with Gasteiger partial charge in [0.2, 0.25) is 0 Å². The number of anilines is 1. The van der Waals surface area contributed by atoms with Gasteiger partial charge in [-0.05, 0) is 50.8 Å². The zero-order chi connectivity index (χ0) is 14.7. The Hall–Kier alpha value is -1.09. The first-order chi connectivity index (χ1) is 9.54. The molecule has 1 heterocycles. The van der Waals surface area contributed by atoms with Crippen LogP contribution in [0.15, 0.2) is 18.2 Å². The van der Waals surface area contributed by atoms with Gasteiger partial charge in [0.1, 0.15) is 5.82 Å². The van der Waals surface area contributed by atoms with Crippen LogP contribution in [0.2, 0.25) is 0 Å². The molecule has 0 aliphatic carbocycles. The van der Waals surface area contributed by atoms with Crippen LogP contribution in [0, 0.1) is 11.7 Å². The fourth-order valence-corrected chi connectivity index (χ4v) is 3.20. The summed E-state index contributed by atoms with van der Waals surface area (Å²) in [5.41, 5.74) is 1.88. The molecule has 3 heteroatoms. The van der Waals surface area contributed by atoms with E-state index in [0.29, 0.717) is 12.0 Å². The third kappa shape index (κ3) is 3.14. The van der Waals surface area contributed by atoms with E-state index in [0.717, 1.165) is 30.8 Å². The molecule has 0 saturated carbocycles. The number of para-hydroxylation sites is 1. The van der Waals surface area contributed by atoms with Crippen LogP contribution in [0.5, 0.6) is 0 Å². The Balaban J connectivity index is 2.38. The molecule has 2 rings (SSSR count). The fourth-order valence-electron chi connectivity index (χ4n) is 3.20. The molecule has 0 radical (unpaired) electrons. The van der Waals surface area contributed by atoms with E-state index in [2.05, 4.69) is 44.0 Å². The second-order valence-corrected chi connectivity index (χ2v) is 6.14. The molecule has 0 spiro atoms. The van der Waals surface area contributed by atoms with Crippen LogP contribution in [0.4, 0.5) is 10.1 Å². The van der Waals surface area contributed by atoms with Crippen molar-refractivity contribution in [2.24, 2.45) is 5.92 Å². The van der Waals surface area contributed by atoms with E-state index in [-0.39, 0.29) is 11.9 Å². The Labute approximate surface area is 122 Å². The molecule has 1 aromatic rings. The van der Waals surface area contributed by atoms with Gasteiger partial charge in [-0.1, -0.05) is 26.0 Å². The molecule has 3 unspecified atom stereocenters. The highest BCUT2D eigenvalue weighted by atomic mass is 19.1. The highest BCUT2D eigenvalue weighted by Gasteiger charge is 2.27. The zero-order valence-corrected chi connectivity index (χ0v) is 13.1. The first-order valence-electron chi connectivity index (χ1n) is 7.83. The van der Waals surface area contributed by atoms with E-state index in [1.807, 2.05) is 6.07 Å². The third-order valence-corrected chi connectivity index (χ3v) is 4.40. The largest absolute Gasteiger partial charge is 0.366 e. The normalized spacial score (nSPS) is 24.8. The Kier molecular flexibility index (Phi) is 5.03. The summed E-state index contributed by atoms with van der Waals surface area (Å²) in [7, 11) is 0. The zero-order valence-electron chi connectivity index (χ0n) is 13.1. The Morgan fingerprint density at radius 3 is 2.80 bits per heavy atom. The van der Waals surface area contributed by atoms with Gasteiger partial charge in [-0.25, -0.2) is 4.39 Å². The van der Waals surface area contributed by atoms with Crippen LogP contribution < -0.4 is 10.2 Å². The van der Waals surface area contributed by atoms with Crippen molar-refractivity contribution in [1.29, 1.82) is 0 Å². The number of hydrogen-bond donors (Lipinski definition) is 1. The topological polar surface area (TPSA) is 15.3 Å². The summed E-state index contributed by atoms with van der Waals surface area (Å²) in [6.07, 6.45) is 2.38. The van der Waals surface area contributed by atoms with Crippen molar-refractivity contribution < 1.29 is 4.39 Å². The monoisotopic (exact) mass is 278 g/mol. The molecular formula is C17H27FN2. The predicted octanol–water partition coefficient (Wildman–Crippen LogP) is 4.12. The molecule has 1 aromatic carbocycles. The quantitative estimate of drug-likeness (QED) is 0.891. The summed E-state index contributed by atoms with van der Waals surface area (Å²) in [5, 5.41) is 3.40. The van der Waals surface area contributed by atoms with Gasteiger partial charge in [0, 0.05) is 18.6 Å². The van der Waals surface area contributed by atoms with Gasteiger partial charge in [0.05, 0.1) is 5.69 Å². The Morgan fingerprint density at radius 1 is 1.35 bits per heavy atom. The molecule has 0 amide bonds. The summed E-state index contributed by atoms with van der Waals surface area (Å²) in [5.74, 6) is 0.543. The van der Waals surface area contributed by atoms with Crippen molar-refractivity contribution in [2.75, 3.05) is 18.0 Å². The lowest BCUT2D eigenvalue weighted by molar-refractivity contribution is 0.384. The molecule has 112 valence electrons. The van der Waals surface area contributed by atoms with Crippen molar-refractivity contribution in [1.82, 2.24) is 5.32 Å². The molecule has 1 aliphatic heterocycles. The minimum Gasteiger partial charge on any atom is -0.366 e. The van der Waals surface area contributed by atoms with E-state index < -0.39 is 0 Å². The lowest BCUT2D eigenvalue weighted by Crippen LogP contribution is -2.42. The van der Waals surface area contributed by atoms with E-state index in [4.69, 9.17) is 0 Å². The number of nitrogens with zero attached hydrogens (tertiary/aromatic N) is 1. The average Bonchev–Trinajstić information content (AvgIpc) is 2.42. The molecule has 1 N–H and O–H groups in total. The van der Waals surface area contributed by atoms with Crippen molar-refractivity contribution >= 4 is 5.69 Å². The summed E-state index contributed by atoms with van der Waals surface area (Å²) >= 11 is 0. The van der Waals surface area contributed by atoms with Crippen LogP contribution in [0.25, 0.3) is 0 Å². The van der Waals surface area contributed by atoms with Crippen LogP contribution in [-0.4, -0.2) is 19.1 Å². The number of piperidine rings is 1. The van der Waals surface area contributed by atoms with Gasteiger partial charge in [-0.2, -0.15) is 0 Å². The highest BCUT2D eigenvalue weighted by molar-refractivity contribution is 5.57. The van der Waals surface area contributed by atoms with Crippen molar-refractivity contribution in [3.05, 3.63) is 29.6 Å². The molecule has 1 fully saturated rings. The summed E-state index contributed by atoms with van der Waals surface area (Å²) in [6.45, 7) is 10.5. The van der Waals surface area contributed by atoms with Gasteiger partial charge in [-0.15, -0.1) is 0 Å². The molecule has 1 aliphatic rings. The minimum atomic E-state index is -0.0896. The van der Waals surface area contributed by atoms with E-state index >= 15 is 0 Å². The van der Waals surface area contributed by atoms with Crippen LogP contribution in [0.1, 0.15) is 52.1 Å². The maximum Gasteiger partial charge on any atom is 0.146 e. The molecule has 1 saturated heterocycles. The first kappa shape index (κ1) is 15.3. The number of rotatable bonds is 4. The number of halogens is 1. The molecule has 0 bridgehead atoms. The SMILES string of the molecule is CCNC(C)c1cccc(F)c1N1CC(C)CCC1C. The van der Waals surface area contributed by atoms with Crippen LogP contribution in [-0.2, 0) is 0 Å². The number of nitrogens with one attached hydrogen (secondary N) is 1. The molecular weight excluding hydrogens is 251 g/mol. The van der Waals surface area contributed by atoms with Gasteiger partial charge >= 0.3 is 0 Å². The number of hydrogen-bond acceptors (Lipinski definition) is 2. The van der Waals surface area contributed by atoms with Gasteiger partial charge < -0.3 is 10.2 Å². The van der Waals surface area contributed by atoms with Gasteiger partial charge in [0.25, 0.3) is 0 Å². The first-order valence-corrected chi connectivity index (χ1v) is 7.83. The van der Waals surface area contributed by atoms with Crippen LogP contribution in [0.3, 0.4) is 0 Å². The average molecular weight is 278 g/mol. The molecule has 20 heavy (non-hydrogen) atoms. The minimum absolute atomic E-state index is 0.0896. The second kappa shape index (κ2) is 6.57. The standard InChI is InChI=1S/C17H27FN2/c1-5-19-14(4)15-7-6-8-16(18)17(15)20-11-12(2)9-10-13(20)3/h6-8,12-14,19H,5,9-11H2,1-4H3. The molecule has 3 atom stereocenters. The lowest BCUT2D eigenvalue weighted by Gasteiger charge is -2.40. The summed E-state index contributed by atoms with van der Waals surface area (Å²) in [6, 6.07) is 6.05. The van der Waals surface area contributed by atoms with E-state index in [9.17, 15) is 4.39 Å². The predicted molar refractivity (Wildman–Crippen MR) is 83.7 cm³/mol. The maximum atomic E-state index is 14.5. The highest BCUT2D eigenvalue weighted by Crippen LogP contribution is 2.34. The third-order valence-electron chi connectivity index (χ3n) is 4.40. The van der Waals surface area contributed by atoms with Gasteiger partial charge in [0.15, 0.2) is 0 Å². The molecule has 2 nitrogen and oxygen atoms in total. The smallest absolute Gasteiger partial charge is 0.146 e. The van der Waals surface area contributed by atoms with E-state index in [1.54, 1.807) is 6.07 Å². The Morgan fingerprint density at radius 2 is 2.10 bits per heavy atom.